The minimum absolute atomic E-state index is 0.000000000000000444. The Labute approximate surface area is 54.2 Å². The Bertz CT molecular complexity index is 158. The maximum atomic E-state index is 10.6. The zero-order chi connectivity index (χ0) is 6.85. The quantitative estimate of drug-likeness (QED) is 0.560. The molecule has 1 N–H and O–H groups in total. The van der Waals surface area contributed by atoms with Gasteiger partial charge in [0.2, 0.25) is 0 Å². The lowest BCUT2D eigenvalue weighted by Crippen LogP contribution is -2.10. The van der Waals surface area contributed by atoms with Crippen LogP contribution >= 0.6 is 0 Å². The summed E-state index contributed by atoms with van der Waals surface area (Å²) in [6, 6.07) is 0. The van der Waals surface area contributed by atoms with E-state index in [4.69, 9.17) is 5.11 Å². The van der Waals surface area contributed by atoms with Crippen LogP contribution in [0.3, 0.4) is 0 Å². The molecule has 1 aliphatic rings. The van der Waals surface area contributed by atoms with Crippen molar-refractivity contribution in [2.75, 3.05) is 0 Å². The van der Waals surface area contributed by atoms with Crippen LogP contribution in [0.1, 0.15) is 19.8 Å². The van der Waals surface area contributed by atoms with Crippen molar-refractivity contribution in [1.82, 2.24) is 0 Å². The van der Waals surface area contributed by atoms with Crippen LogP contribution in [0.5, 0.6) is 0 Å². The molecule has 2 heteroatoms. The highest BCUT2D eigenvalue weighted by Crippen LogP contribution is 2.18. The predicted octanol–water partition coefficient (Wildman–Crippen LogP) is 0.656. The van der Waals surface area contributed by atoms with Crippen LogP contribution in [0.4, 0.5) is 0 Å². The van der Waals surface area contributed by atoms with Gasteiger partial charge >= 0.3 is 0 Å². The Morgan fingerprint density at radius 1 is 1.89 bits per heavy atom. The fraction of sp³-hybridized carbons (Fsp3) is 0.571. The number of carbonyl (C=O) groups excluding carboxylic acids is 1. The third-order valence-electron chi connectivity index (χ3n) is 1.57. The highest BCUT2D eigenvalue weighted by molar-refractivity contribution is 5.94. The van der Waals surface area contributed by atoms with E-state index in [2.05, 4.69) is 0 Å². The summed E-state index contributed by atoms with van der Waals surface area (Å²) in [5.41, 5.74) is 0.593. The number of carbonyl (C=O) groups is 1. The second-order valence-electron chi connectivity index (χ2n) is 2.31. The molecule has 0 aromatic rings. The van der Waals surface area contributed by atoms with E-state index in [0.29, 0.717) is 5.57 Å². The average molecular weight is 126 g/mol. The van der Waals surface area contributed by atoms with Crippen molar-refractivity contribution in [3.8, 4) is 0 Å². The Morgan fingerprint density at radius 3 is 2.78 bits per heavy atom. The number of aliphatic hydroxyl groups is 1. The van der Waals surface area contributed by atoms with E-state index in [0.717, 1.165) is 12.8 Å². The number of rotatable bonds is 1. The first-order chi connectivity index (χ1) is 4.22. The first-order valence-electron chi connectivity index (χ1n) is 3.11. The van der Waals surface area contributed by atoms with Gasteiger partial charge in [-0.1, -0.05) is 6.08 Å². The molecule has 1 aliphatic carbocycles. The minimum atomic E-state index is -0.484. The molecule has 0 aromatic carbocycles. The molecule has 0 radical (unpaired) electrons. The van der Waals surface area contributed by atoms with Gasteiger partial charge in [0, 0.05) is 5.57 Å². The molecule has 0 amide bonds. The van der Waals surface area contributed by atoms with Crippen molar-refractivity contribution in [3.05, 3.63) is 11.6 Å². The van der Waals surface area contributed by atoms with E-state index >= 15 is 0 Å². The van der Waals surface area contributed by atoms with E-state index < -0.39 is 6.10 Å². The topological polar surface area (TPSA) is 37.3 Å². The van der Waals surface area contributed by atoms with E-state index in [1.54, 1.807) is 0 Å². The van der Waals surface area contributed by atoms with Gasteiger partial charge < -0.3 is 5.11 Å². The Kier molecular flexibility index (Phi) is 1.67. The number of ketones is 1. The summed E-state index contributed by atoms with van der Waals surface area (Å²) >= 11 is 0. The van der Waals surface area contributed by atoms with Crippen LogP contribution in [0.25, 0.3) is 0 Å². The molecule has 1 atom stereocenters. The van der Waals surface area contributed by atoms with Crippen LogP contribution in [0.15, 0.2) is 11.6 Å². The van der Waals surface area contributed by atoms with Crippen LogP contribution in [-0.4, -0.2) is 17.0 Å². The molecule has 0 aliphatic heterocycles. The molecular weight excluding hydrogens is 116 g/mol. The molecule has 1 unspecified atom stereocenters. The summed E-state index contributed by atoms with van der Waals surface area (Å²) < 4.78 is 0. The van der Waals surface area contributed by atoms with Gasteiger partial charge in [-0.2, -0.15) is 0 Å². The standard InChI is InChI=1S/C7H10O2/c1-5(8)6-3-2-4-7(6)9/h3,7,9H,2,4H2,1H3. The molecular formula is C7H10O2. The van der Waals surface area contributed by atoms with Crippen LogP contribution < -0.4 is 0 Å². The SMILES string of the molecule is CC(=O)C1=CCCC1O. The van der Waals surface area contributed by atoms with E-state index in [9.17, 15) is 4.79 Å². The predicted molar refractivity (Wildman–Crippen MR) is 34.0 cm³/mol. The first kappa shape index (κ1) is 6.49. The second kappa shape index (κ2) is 2.31. The van der Waals surface area contributed by atoms with Crippen molar-refractivity contribution in [2.24, 2.45) is 0 Å². The van der Waals surface area contributed by atoms with Gasteiger partial charge in [0.05, 0.1) is 6.10 Å². The van der Waals surface area contributed by atoms with Gasteiger partial charge in [0.25, 0.3) is 0 Å². The summed E-state index contributed by atoms with van der Waals surface area (Å²) in [4.78, 5) is 10.6. The van der Waals surface area contributed by atoms with Crippen LogP contribution in [0, 0.1) is 0 Å². The second-order valence-corrected chi connectivity index (χ2v) is 2.31. The molecule has 0 fully saturated rings. The number of Topliss-reactive ketones (excluding diaryl/α,β-unsaturated/α-hetero) is 1. The third kappa shape index (κ3) is 1.19. The van der Waals surface area contributed by atoms with Crippen molar-refractivity contribution < 1.29 is 9.90 Å². The lowest BCUT2D eigenvalue weighted by atomic mass is 10.1. The summed E-state index contributed by atoms with van der Waals surface area (Å²) in [5.74, 6) is 0.000000000000000444. The molecule has 9 heavy (non-hydrogen) atoms. The van der Waals surface area contributed by atoms with Crippen molar-refractivity contribution in [2.45, 2.75) is 25.9 Å². The van der Waals surface area contributed by atoms with Crippen molar-refractivity contribution in [3.63, 3.8) is 0 Å². The lowest BCUT2D eigenvalue weighted by molar-refractivity contribution is -0.114. The minimum Gasteiger partial charge on any atom is -0.388 e. The molecule has 0 saturated heterocycles. The normalized spacial score (nSPS) is 26.0. The third-order valence-corrected chi connectivity index (χ3v) is 1.57. The van der Waals surface area contributed by atoms with E-state index in [1.165, 1.54) is 6.92 Å². The van der Waals surface area contributed by atoms with Gasteiger partial charge in [-0.15, -0.1) is 0 Å². The van der Waals surface area contributed by atoms with E-state index in [1.807, 2.05) is 6.08 Å². The molecule has 0 bridgehead atoms. The number of aliphatic hydroxyl groups excluding tert-OH is 1. The molecule has 0 aromatic heterocycles. The molecule has 2 nitrogen and oxygen atoms in total. The highest BCUT2D eigenvalue weighted by Gasteiger charge is 2.18. The fourth-order valence-electron chi connectivity index (χ4n) is 1.07. The smallest absolute Gasteiger partial charge is 0.158 e. The Hall–Kier alpha value is -0.630. The van der Waals surface area contributed by atoms with Crippen molar-refractivity contribution in [1.29, 1.82) is 0 Å². The molecule has 1 rings (SSSR count). The zero-order valence-electron chi connectivity index (χ0n) is 5.42. The van der Waals surface area contributed by atoms with Crippen molar-refractivity contribution >= 4 is 5.78 Å². The van der Waals surface area contributed by atoms with Gasteiger partial charge in [-0.3, -0.25) is 4.79 Å². The molecule has 0 spiro atoms. The Balaban J connectivity index is 2.68. The number of hydrogen-bond donors (Lipinski definition) is 1. The number of hydrogen-bond acceptors (Lipinski definition) is 2. The summed E-state index contributed by atoms with van der Waals surface area (Å²) in [7, 11) is 0. The largest absolute Gasteiger partial charge is 0.388 e. The lowest BCUT2D eigenvalue weighted by Gasteiger charge is -2.01. The summed E-state index contributed by atoms with van der Waals surface area (Å²) in [6.45, 7) is 1.49. The highest BCUT2D eigenvalue weighted by atomic mass is 16.3. The van der Waals surface area contributed by atoms with Gasteiger partial charge in [-0.05, 0) is 19.8 Å². The zero-order valence-corrected chi connectivity index (χ0v) is 5.42. The number of allylic oxidation sites excluding steroid dienone is 1. The Morgan fingerprint density at radius 2 is 2.56 bits per heavy atom. The summed E-state index contributed by atoms with van der Waals surface area (Å²) in [5, 5.41) is 9.07. The maximum Gasteiger partial charge on any atom is 0.158 e. The average Bonchev–Trinajstić information content (AvgIpc) is 2.13. The first-order valence-corrected chi connectivity index (χ1v) is 3.11. The fourth-order valence-corrected chi connectivity index (χ4v) is 1.07. The van der Waals surface area contributed by atoms with Crippen LogP contribution in [0.2, 0.25) is 0 Å². The van der Waals surface area contributed by atoms with Gasteiger partial charge in [0.15, 0.2) is 5.78 Å². The monoisotopic (exact) mass is 126 g/mol. The molecule has 0 heterocycles. The molecule has 0 saturated carbocycles. The maximum absolute atomic E-state index is 10.6. The summed E-state index contributed by atoms with van der Waals surface area (Å²) in [6.07, 6.45) is 2.89. The van der Waals surface area contributed by atoms with Crippen LogP contribution in [-0.2, 0) is 4.79 Å². The van der Waals surface area contributed by atoms with Gasteiger partial charge in [-0.25, -0.2) is 0 Å². The molecule has 50 valence electrons. The van der Waals surface area contributed by atoms with E-state index in [-0.39, 0.29) is 5.78 Å². The van der Waals surface area contributed by atoms with Gasteiger partial charge in [0.1, 0.15) is 0 Å².